The van der Waals surface area contributed by atoms with Gasteiger partial charge in [-0.1, -0.05) is 12.1 Å². The molecule has 4 aliphatic rings. The van der Waals surface area contributed by atoms with Crippen molar-refractivity contribution in [2.45, 2.75) is 25.9 Å². The number of amides is 2. The second kappa shape index (κ2) is 18.2. The minimum Gasteiger partial charge on any atom is -0.378 e. The molecule has 4 aliphatic heterocycles. The van der Waals surface area contributed by atoms with Crippen molar-refractivity contribution in [3.05, 3.63) is 152 Å². The van der Waals surface area contributed by atoms with Crippen LogP contribution in [0.5, 0.6) is 0 Å². The number of hydrogen-bond donors (Lipinski definition) is 2. The fourth-order valence-electron chi connectivity index (χ4n) is 8.13. The molecule has 0 atom stereocenters. The van der Waals surface area contributed by atoms with Gasteiger partial charge in [-0.05, 0) is 81.7 Å². The Morgan fingerprint density at radius 1 is 0.603 bits per heavy atom. The normalized spacial score (nSPS) is 15.6. The predicted octanol–water partition coefficient (Wildman–Crippen LogP) is 6.95. The SMILES string of the molecule is O=C1NCc2nc(-c3c(F)cccc3F)c(Br)c(Cc3ccc(N4CCOCC4)cn3)c21.O=C1NCc2nc(-c3c(F)cccc3F)cc(Cc3ccc(N4CCOCC4)cn3)c21. The predicted molar refractivity (Wildman–Crippen MR) is 229 cm³/mol. The van der Waals surface area contributed by atoms with Gasteiger partial charge in [-0.2, -0.15) is 0 Å². The van der Waals surface area contributed by atoms with E-state index in [-0.39, 0.29) is 47.4 Å². The van der Waals surface area contributed by atoms with Gasteiger partial charge in [0.05, 0.1) is 108 Å². The third-order valence-electron chi connectivity index (χ3n) is 11.3. The van der Waals surface area contributed by atoms with Gasteiger partial charge in [0.2, 0.25) is 0 Å². The van der Waals surface area contributed by atoms with E-state index in [1.165, 1.54) is 36.4 Å². The van der Waals surface area contributed by atoms with E-state index >= 15 is 0 Å². The maximum absolute atomic E-state index is 14.5. The van der Waals surface area contributed by atoms with Gasteiger partial charge in [0.15, 0.2) is 0 Å². The number of pyridine rings is 4. The second-order valence-electron chi connectivity index (χ2n) is 15.2. The van der Waals surface area contributed by atoms with Crippen LogP contribution in [0.1, 0.15) is 54.6 Å². The van der Waals surface area contributed by atoms with Crippen molar-refractivity contribution in [1.82, 2.24) is 30.6 Å². The standard InChI is InChI=1S/C23H19BrF2N4O2.C23H20F2N4O2/c24-21-15(10-13-4-5-14(11-27-13)30-6-8-32-9-7-30)19-18(12-28-23(19)31)29-22(21)20-16(25)2-1-3-17(20)26;24-17-2-1-3-18(25)22(17)19-11-14(21-20(28-19)13-27-23(21)30)10-15-4-5-16(12-26-15)29-6-8-31-9-7-29/h1-5,11H,6-10,12H2,(H,28,31);1-5,11-12H,6-10,13H2,(H,27,30). The first-order valence-corrected chi connectivity index (χ1v) is 21.2. The van der Waals surface area contributed by atoms with Crippen LogP contribution in [0.25, 0.3) is 22.5 Å². The van der Waals surface area contributed by atoms with Gasteiger partial charge >= 0.3 is 0 Å². The summed E-state index contributed by atoms with van der Waals surface area (Å²) >= 11 is 3.48. The molecule has 8 heterocycles. The Kier molecular flexibility index (Phi) is 12.1. The third kappa shape index (κ3) is 8.72. The molecule has 63 heavy (non-hydrogen) atoms. The highest BCUT2D eigenvalue weighted by molar-refractivity contribution is 9.10. The molecule has 17 heteroatoms. The van der Waals surface area contributed by atoms with E-state index in [9.17, 15) is 27.2 Å². The summed E-state index contributed by atoms with van der Waals surface area (Å²) < 4.78 is 68.9. The summed E-state index contributed by atoms with van der Waals surface area (Å²) in [6, 6.07) is 16.8. The molecular formula is C46H39BrF4N8O4. The Hall–Kier alpha value is -6.30. The fourth-order valence-corrected chi connectivity index (χ4v) is 8.76. The number of carbonyl (C=O) groups is 2. The van der Waals surface area contributed by atoms with Gasteiger partial charge in [-0.3, -0.25) is 19.6 Å². The van der Waals surface area contributed by atoms with Gasteiger partial charge in [0, 0.05) is 54.9 Å². The number of carbonyl (C=O) groups excluding carboxylic acids is 2. The van der Waals surface area contributed by atoms with E-state index in [1.807, 2.05) is 24.3 Å². The molecule has 2 saturated heterocycles. The fraction of sp³-hybridized carbons (Fsp3) is 0.261. The molecule has 4 aromatic heterocycles. The molecule has 0 spiro atoms. The molecular weight excluding hydrogens is 884 g/mol. The summed E-state index contributed by atoms with van der Waals surface area (Å²) in [5.74, 6) is -3.30. The number of anilines is 2. The molecule has 2 amide bonds. The van der Waals surface area contributed by atoms with E-state index in [0.717, 1.165) is 48.9 Å². The van der Waals surface area contributed by atoms with Crippen molar-refractivity contribution in [2.75, 3.05) is 62.4 Å². The van der Waals surface area contributed by atoms with Crippen molar-refractivity contribution in [3.8, 4) is 22.5 Å². The van der Waals surface area contributed by atoms with Crippen LogP contribution in [0.3, 0.4) is 0 Å². The van der Waals surface area contributed by atoms with Crippen LogP contribution in [0.4, 0.5) is 28.9 Å². The van der Waals surface area contributed by atoms with E-state index in [1.54, 1.807) is 18.5 Å². The van der Waals surface area contributed by atoms with Crippen LogP contribution >= 0.6 is 15.9 Å². The van der Waals surface area contributed by atoms with Crippen LogP contribution < -0.4 is 20.4 Å². The van der Waals surface area contributed by atoms with Crippen molar-refractivity contribution in [3.63, 3.8) is 0 Å². The van der Waals surface area contributed by atoms with E-state index < -0.39 is 23.3 Å². The highest BCUT2D eigenvalue weighted by Crippen LogP contribution is 2.38. The molecule has 2 fully saturated rings. The topological polar surface area (TPSA) is 135 Å². The van der Waals surface area contributed by atoms with E-state index in [4.69, 9.17) is 9.47 Å². The number of fused-ring (bicyclic) bond motifs is 2. The lowest BCUT2D eigenvalue weighted by atomic mass is 9.98. The molecule has 0 radical (unpaired) electrons. The van der Waals surface area contributed by atoms with Crippen LogP contribution in [0.2, 0.25) is 0 Å². The Morgan fingerprint density at radius 2 is 1.10 bits per heavy atom. The minimum atomic E-state index is -0.714. The van der Waals surface area contributed by atoms with Gasteiger partial charge in [-0.15, -0.1) is 0 Å². The summed E-state index contributed by atoms with van der Waals surface area (Å²) in [4.78, 5) is 47.2. The Balaban J connectivity index is 0.000000160. The Morgan fingerprint density at radius 3 is 1.62 bits per heavy atom. The number of morpholine rings is 2. The van der Waals surface area contributed by atoms with Crippen LogP contribution in [0.15, 0.2) is 83.6 Å². The summed E-state index contributed by atoms with van der Waals surface area (Å²) in [6.45, 7) is 6.43. The van der Waals surface area contributed by atoms with Gasteiger partial charge < -0.3 is 29.9 Å². The van der Waals surface area contributed by atoms with Gasteiger partial charge in [0.1, 0.15) is 23.3 Å². The van der Waals surface area contributed by atoms with E-state index in [0.29, 0.717) is 77.4 Å². The average Bonchev–Trinajstić information content (AvgIpc) is 3.87. The lowest BCUT2D eigenvalue weighted by Crippen LogP contribution is -2.36. The number of benzene rings is 2. The van der Waals surface area contributed by atoms with Crippen molar-refractivity contribution >= 4 is 39.1 Å². The number of ether oxygens (including phenoxy) is 2. The maximum Gasteiger partial charge on any atom is 0.253 e. The third-order valence-corrected chi connectivity index (χ3v) is 12.1. The van der Waals surface area contributed by atoms with Crippen LogP contribution in [-0.2, 0) is 35.4 Å². The summed E-state index contributed by atoms with van der Waals surface area (Å²) in [7, 11) is 0. The maximum atomic E-state index is 14.5. The number of halogens is 5. The minimum absolute atomic E-state index is 0.135. The van der Waals surface area contributed by atoms with Gasteiger partial charge in [0.25, 0.3) is 11.8 Å². The molecule has 0 saturated carbocycles. The van der Waals surface area contributed by atoms with Crippen LogP contribution in [-0.4, -0.2) is 84.4 Å². The zero-order chi connectivity index (χ0) is 43.6. The summed E-state index contributed by atoms with van der Waals surface area (Å²) in [6.07, 6.45) is 4.27. The quantitative estimate of drug-likeness (QED) is 0.155. The highest BCUT2D eigenvalue weighted by atomic mass is 79.9. The molecule has 0 bridgehead atoms. The first kappa shape index (κ1) is 42.0. The number of rotatable bonds is 8. The Bertz CT molecular complexity index is 2670. The zero-order valence-electron chi connectivity index (χ0n) is 33.7. The van der Waals surface area contributed by atoms with Gasteiger partial charge in [-0.25, -0.2) is 27.5 Å². The molecule has 6 aromatic rings. The smallest absolute Gasteiger partial charge is 0.253 e. The van der Waals surface area contributed by atoms with E-state index in [2.05, 4.69) is 56.3 Å². The first-order valence-electron chi connectivity index (χ1n) is 20.4. The number of nitrogens with zero attached hydrogens (tertiary/aromatic N) is 6. The number of hydrogen-bond acceptors (Lipinski definition) is 10. The van der Waals surface area contributed by atoms with Crippen LogP contribution in [0, 0.1) is 23.3 Å². The highest BCUT2D eigenvalue weighted by Gasteiger charge is 2.31. The van der Waals surface area contributed by atoms with Crippen molar-refractivity contribution in [1.29, 1.82) is 0 Å². The summed E-state index contributed by atoms with van der Waals surface area (Å²) in [5.41, 5.74) is 6.49. The first-order chi connectivity index (χ1) is 30.6. The molecule has 12 nitrogen and oxygen atoms in total. The lowest BCUT2D eigenvalue weighted by Gasteiger charge is -2.28. The molecule has 322 valence electrons. The van der Waals surface area contributed by atoms with Crippen molar-refractivity contribution < 1.29 is 36.6 Å². The molecule has 2 aromatic carbocycles. The second-order valence-corrected chi connectivity index (χ2v) is 16.0. The zero-order valence-corrected chi connectivity index (χ0v) is 35.3. The molecule has 2 N–H and O–H groups in total. The monoisotopic (exact) mass is 922 g/mol. The lowest BCUT2D eigenvalue weighted by molar-refractivity contribution is 0.0956. The molecule has 0 unspecified atom stereocenters. The average molecular weight is 924 g/mol. The largest absolute Gasteiger partial charge is 0.378 e. The molecule has 10 rings (SSSR count). The van der Waals surface area contributed by atoms with Crippen molar-refractivity contribution in [2.24, 2.45) is 0 Å². The summed E-state index contributed by atoms with van der Waals surface area (Å²) in [5, 5.41) is 5.49. The Labute approximate surface area is 367 Å². The number of aromatic nitrogens is 4. The molecule has 0 aliphatic carbocycles. The number of nitrogens with one attached hydrogen (secondary N) is 2.